The number of rotatable bonds is 6. The van der Waals surface area contributed by atoms with Gasteiger partial charge in [0.15, 0.2) is 0 Å². The number of nitro benzene ring substituents is 1. The van der Waals surface area contributed by atoms with Crippen LogP contribution in [0.15, 0.2) is 18.2 Å². The lowest BCUT2D eigenvalue weighted by atomic mass is 10.1. The summed E-state index contributed by atoms with van der Waals surface area (Å²) in [5.41, 5.74) is 5.84. The maximum absolute atomic E-state index is 10.8. The molecule has 0 aliphatic heterocycles. The molecule has 19 heavy (non-hydrogen) atoms. The highest BCUT2D eigenvalue weighted by molar-refractivity contribution is 5.62. The average molecular weight is 267 g/mol. The van der Waals surface area contributed by atoms with E-state index in [2.05, 4.69) is 0 Å². The molecular formula is C13H21N3O3. The fraction of sp³-hybridized carbons (Fsp3) is 0.538. The molecule has 0 radical (unpaired) electrons. The Morgan fingerprint density at radius 1 is 1.47 bits per heavy atom. The summed E-state index contributed by atoms with van der Waals surface area (Å²) in [4.78, 5) is 12.3. The Morgan fingerprint density at radius 3 is 2.58 bits per heavy atom. The summed E-state index contributed by atoms with van der Waals surface area (Å²) in [6.45, 7) is 7.12. The fourth-order valence-electron chi connectivity index (χ4n) is 1.96. The number of likely N-dealkylation sites (N-methyl/N-ethyl adjacent to an activating group) is 1. The maximum Gasteiger partial charge on any atom is 0.292 e. The van der Waals surface area contributed by atoms with Gasteiger partial charge in [-0.2, -0.15) is 0 Å². The molecule has 0 saturated carbocycles. The standard InChI is InChI=1S/C13H21N3O3/c1-4-15(9-13(2,3)17)8-10-6-5-7-11(12(10)14)16(18)19/h5-7,17H,4,8-9,14H2,1-3H3. The first-order valence-electron chi connectivity index (χ1n) is 6.21. The van der Waals surface area contributed by atoms with E-state index in [0.717, 1.165) is 6.54 Å². The second-order valence-corrected chi connectivity index (χ2v) is 5.22. The Morgan fingerprint density at radius 2 is 2.11 bits per heavy atom. The van der Waals surface area contributed by atoms with Gasteiger partial charge < -0.3 is 10.8 Å². The molecule has 0 spiro atoms. The van der Waals surface area contributed by atoms with Crippen molar-refractivity contribution in [2.24, 2.45) is 0 Å². The lowest BCUT2D eigenvalue weighted by Gasteiger charge is -2.28. The Hall–Kier alpha value is -1.66. The maximum atomic E-state index is 10.8. The zero-order chi connectivity index (χ0) is 14.6. The molecule has 3 N–H and O–H groups in total. The third kappa shape index (κ3) is 4.50. The van der Waals surface area contributed by atoms with E-state index in [9.17, 15) is 15.2 Å². The number of aliphatic hydroxyl groups is 1. The zero-order valence-electron chi connectivity index (χ0n) is 11.6. The topological polar surface area (TPSA) is 92.6 Å². The highest BCUT2D eigenvalue weighted by atomic mass is 16.6. The molecule has 0 aliphatic carbocycles. The number of nitrogen functional groups attached to an aromatic ring is 1. The van der Waals surface area contributed by atoms with Crippen molar-refractivity contribution in [3.63, 3.8) is 0 Å². The molecule has 0 amide bonds. The van der Waals surface area contributed by atoms with Gasteiger partial charge in [0.05, 0.1) is 10.5 Å². The summed E-state index contributed by atoms with van der Waals surface area (Å²) in [7, 11) is 0. The molecule has 0 aliphatic rings. The molecule has 1 aromatic carbocycles. The molecule has 0 unspecified atom stereocenters. The molecule has 6 nitrogen and oxygen atoms in total. The molecule has 0 fully saturated rings. The molecule has 106 valence electrons. The Kier molecular flexibility index (Phi) is 4.85. The van der Waals surface area contributed by atoms with E-state index in [-0.39, 0.29) is 11.4 Å². The van der Waals surface area contributed by atoms with Crippen molar-refractivity contribution in [1.82, 2.24) is 4.90 Å². The summed E-state index contributed by atoms with van der Waals surface area (Å²) in [5, 5.41) is 20.7. The van der Waals surface area contributed by atoms with Gasteiger partial charge in [-0.05, 0) is 26.0 Å². The molecule has 1 rings (SSSR count). The van der Waals surface area contributed by atoms with Crippen LogP contribution in [0.4, 0.5) is 11.4 Å². The van der Waals surface area contributed by atoms with Crippen LogP contribution in [0.5, 0.6) is 0 Å². The second-order valence-electron chi connectivity index (χ2n) is 5.22. The molecule has 0 aromatic heterocycles. The first kappa shape index (κ1) is 15.4. The fourth-order valence-corrected chi connectivity index (χ4v) is 1.96. The van der Waals surface area contributed by atoms with Gasteiger partial charge in [0.2, 0.25) is 0 Å². The van der Waals surface area contributed by atoms with Crippen LogP contribution < -0.4 is 5.73 Å². The quantitative estimate of drug-likeness (QED) is 0.465. The van der Waals surface area contributed by atoms with Crippen molar-refractivity contribution >= 4 is 11.4 Å². The number of nitrogens with zero attached hydrogens (tertiary/aromatic N) is 2. The van der Waals surface area contributed by atoms with Gasteiger partial charge in [-0.1, -0.05) is 19.1 Å². The van der Waals surface area contributed by atoms with E-state index in [1.807, 2.05) is 11.8 Å². The summed E-state index contributed by atoms with van der Waals surface area (Å²) >= 11 is 0. The van der Waals surface area contributed by atoms with Gasteiger partial charge >= 0.3 is 0 Å². The van der Waals surface area contributed by atoms with Crippen molar-refractivity contribution in [1.29, 1.82) is 0 Å². The summed E-state index contributed by atoms with van der Waals surface area (Å²) in [6.07, 6.45) is 0. The number of benzene rings is 1. The van der Waals surface area contributed by atoms with Gasteiger partial charge in [0.1, 0.15) is 5.69 Å². The molecule has 1 aromatic rings. The van der Waals surface area contributed by atoms with Gasteiger partial charge in [0, 0.05) is 19.2 Å². The number of hydrogen-bond acceptors (Lipinski definition) is 5. The first-order chi connectivity index (χ1) is 8.74. The predicted molar refractivity (Wildman–Crippen MR) is 74.8 cm³/mol. The number of anilines is 1. The summed E-state index contributed by atoms with van der Waals surface area (Å²) < 4.78 is 0. The molecule has 0 heterocycles. The van der Waals surface area contributed by atoms with Crippen molar-refractivity contribution in [2.75, 3.05) is 18.8 Å². The third-order valence-electron chi connectivity index (χ3n) is 2.82. The van der Waals surface area contributed by atoms with Crippen molar-refractivity contribution in [3.05, 3.63) is 33.9 Å². The first-order valence-corrected chi connectivity index (χ1v) is 6.21. The Balaban J connectivity index is 2.92. The molecule has 0 saturated heterocycles. The summed E-state index contributed by atoms with van der Waals surface area (Å²) in [6, 6.07) is 4.79. The summed E-state index contributed by atoms with van der Waals surface area (Å²) in [5.74, 6) is 0. The number of para-hydroxylation sites is 1. The van der Waals surface area contributed by atoms with Crippen LogP contribution in [0.1, 0.15) is 26.3 Å². The van der Waals surface area contributed by atoms with Gasteiger partial charge in [-0.25, -0.2) is 0 Å². The number of hydrogen-bond donors (Lipinski definition) is 2. The minimum atomic E-state index is -0.814. The van der Waals surface area contributed by atoms with Crippen LogP contribution in [0, 0.1) is 10.1 Å². The van der Waals surface area contributed by atoms with E-state index in [4.69, 9.17) is 5.73 Å². The molecule has 6 heteroatoms. The van der Waals surface area contributed by atoms with E-state index in [1.165, 1.54) is 6.07 Å². The van der Waals surface area contributed by atoms with Crippen LogP contribution in [0.3, 0.4) is 0 Å². The molecular weight excluding hydrogens is 246 g/mol. The van der Waals surface area contributed by atoms with Crippen molar-refractivity contribution < 1.29 is 10.0 Å². The smallest absolute Gasteiger partial charge is 0.292 e. The predicted octanol–water partition coefficient (Wildman–Crippen LogP) is 1.77. The van der Waals surface area contributed by atoms with Gasteiger partial charge in [-0.3, -0.25) is 15.0 Å². The lowest BCUT2D eigenvalue weighted by Crippen LogP contribution is -2.38. The molecule has 0 bridgehead atoms. The lowest BCUT2D eigenvalue weighted by molar-refractivity contribution is -0.384. The van der Waals surface area contributed by atoms with Crippen LogP contribution in [0.25, 0.3) is 0 Å². The van der Waals surface area contributed by atoms with Crippen LogP contribution in [-0.2, 0) is 6.54 Å². The number of nitro groups is 1. The van der Waals surface area contributed by atoms with Crippen molar-refractivity contribution in [3.8, 4) is 0 Å². The van der Waals surface area contributed by atoms with Crippen molar-refractivity contribution in [2.45, 2.75) is 32.9 Å². The minimum Gasteiger partial charge on any atom is -0.393 e. The monoisotopic (exact) mass is 267 g/mol. The highest BCUT2D eigenvalue weighted by Crippen LogP contribution is 2.26. The minimum absolute atomic E-state index is 0.0724. The van der Waals surface area contributed by atoms with E-state index in [0.29, 0.717) is 18.7 Å². The normalized spacial score (nSPS) is 11.8. The van der Waals surface area contributed by atoms with Crippen LogP contribution in [-0.4, -0.2) is 33.6 Å². The Labute approximate surface area is 113 Å². The number of nitrogens with two attached hydrogens (primary N) is 1. The zero-order valence-corrected chi connectivity index (χ0v) is 11.6. The Bertz CT molecular complexity index is 455. The van der Waals surface area contributed by atoms with Gasteiger partial charge in [0.25, 0.3) is 5.69 Å². The average Bonchev–Trinajstić information content (AvgIpc) is 2.28. The van der Waals surface area contributed by atoms with E-state index in [1.54, 1.807) is 26.0 Å². The van der Waals surface area contributed by atoms with Crippen LogP contribution in [0.2, 0.25) is 0 Å². The third-order valence-corrected chi connectivity index (χ3v) is 2.82. The van der Waals surface area contributed by atoms with E-state index >= 15 is 0 Å². The SMILES string of the molecule is CCN(Cc1cccc([N+](=O)[O-])c1N)CC(C)(C)O. The molecule has 0 atom stereocenters. The van der Waals surface area contributed by atoms with Crippen LogP contribution >= 0.6 is 0 Å². The highest BCUT2D eigenvalue weighted by Gasteiger charge is 2.20. The second kappa shape index (κ2) is 5.99. The van der Waals surface area contributed by atoms with E-state index < -0.39 is 10.5 Å². The van der Waals surface area contributed by atoms with Gasteiger partial charge in [-0.15, -0.1) is 0 Å². The largest absolute Gasteiger partial charge is 0.393 e.